The lowest BCUT2D eigenvalue weighted by atomic mass is 9.99. The number of carboxylic acids is 1. The van der Waals surface area contributed by atoms with Crippen molar-refractivity contribution in [3.05, 3.63) is 102 Å². The fourth-order valence-corrected chi connectivity index (χ4v) is 9.18. The summed E-state index contributed by atoms with van der Waals surface area (Å²) in [5.41, 5.74) is 7.29. The smallest absolute Gasteiger partial charge is 0.303 e. The fraction of sp³-hybridized carbons (Fsp3) is 0.481. The van der Waals surface area contributed by atoms with Crippen molar-refractivity contribution in [1.29, 1.82) is 0 Å². The van der Waals surface area contributed by atoms with Gasteiger partial charge < -0.3 is 62.5 Å². The third-order valence-corrected chi connectivity index (χ3v) is 13.6. The van der Waals surface area contributed by atoms with Crippen LogP contribution in [-0.4, -0.2) is 189 Å². The van der Waals surface area contributed by atoms with Gasteiger partial charge in [0.1, 0.15) is 42.4 Å². The van der Waals surface area contributed by atoms with Gasteiger partial charge in [-0.05, 0) is 67.5 Å². The minimum Gasteiger partial charge on any atom is -0.508 e. The lowest BCUT2D eigenvalue weighted by Gasteiger charge is -2.36. The molecule has 0 aliphatic carbocycles. The molecule has 1 saturated heterocycles. The molecule has 23 nitrogen and oxygen atoms in total. The van der Waals surface area contributed by atoms with E-state index in [0.29, 0.717) is 17.5 Å². The molecule has 0 spiro atoms. The average molecular weight is 1080 g/mol. The lowest BCUT2D eigenvalue weighted by Crippen LogP contribution is -2.60. The molecule has 1 aliphatic heterocycles. The highest BCUT2D eigenvalue weighted by atomic mass is 32.2. The highest BCUT2D eigenvalue weighted by Gasteiger charge is 2.37. The number of β-amino-alcohol motifs (C(OH)–C–C–N with tert-alkyl or cyclic N) is 1. The first kappa shape index (κ1) is 61.4. The first-order valence-corrected chi connectivity index (χ1v) is 25.9. The molecular formula is C52H72N10O13S. The largest absolute Gasteiger partial charge is 0.508 e. The van der Waals surface area contributed by atoms with Gasteiger partial charge in [0.15, 0.2) is 0 Å². The van der Waals surface area contributed by atoms with Gasteiger partial charge in [-0.3, -0.25) is 53.4 Å². The number of rotatable bonds is 14. The molecule has 12 N–H and O–H groups in total. The number of nitrogens with one attached hydrogen (secondary N) is 6. The highest BCUT2D eigenvalue weighted by Crippen LogP contribution is 2.18. The Morgan fingerprint density at radius 3 is 1.97 bits per heavy atom. The van der Waals surface area contributed by atoms with Crippen molar-refractivity contribution in [2.45, 2.75) is 101 Å². The number of aliphatic hydroxyl groups excluding tert-OH is 2. The summed E-state index contributed by atoms with van der Waals surface area (Å²) in [6.07, 6.45) is -3.79. The van der Waals surface area contributed by atoms with Gasteiger partial charge >= 0.3 is 5.97 Å². The second-order valence-electron chi connectivity index (χ2n) is 19.0. The SMILES string of the molecule is CC(C)[C@@H]1NC(=O)[C@H](CCc2ccccc2)NC(=O)CSC[C@@H](C(=O)NCC(N)=O)NC(=O)CN(C)C(=O)[C@H](Cc2ccccc2)N(C)C(=O)[C@H](Cc2ccc(O)cc2)NC(O)CN(C)C(O)[C@H](CCC(=O)O)NC1=O. The van der Waals surface area contributed by atoms with Crippen LogP contribution in [0.5, 0.6) is 5.75 Å². The quantitative estimate of drug-likeness (QED) is 0.0869. The van der Waals surface area contributed by atoms with Gasteiger partial charge in [-0.1, -0.05) is 86.6 Å². The average Bonchev–Trinajstić information content (AvgIpc) is 3.38. The van der Waals surface area contributed by atoms with E-state index in [0.717, 1.165) is 22.2 Å². The number of aromatic hydroxyl groups is 1. The number of hydrogen-bond acceptors (Lipinski definition) is 15. The molecule has 1 aliphatic rings. The third-order valence-electron chi connectivity index (χ3n) is 12.5. The molecule has 76 heavy (non-hydrogen) atoms. The predicted molar refractivity (Wildman–Crippen MR) is 281 cm³/mol. The number of carbonyl (C=O) groups excluding carboxylic acids is 8. The zero-order valence-electron chi connectivity index (χ0n) is 43.3. The number of primary amides is 1. The zero-order valence-corrected chi connectivity index (χ0v) is 44.2. The molecule has 414 valence electrons. The summed E-state index contributed by atoms with van der Waals surface area (Å²) in [6.45, 7) is 1.68. The van der Waals surface area contributed by atoms with Gasteiger partial charge in [-0.25, -0.2) is 0 Å². The summed E-state index contributed by atoms with van der Waals surface area (Å²) < 4.78 is 0. The molecule has 1 heterocycles. The van der Waals surface area contributed by atoms with Crippen LogP contribution in [0.15, 0.2) is 84.9 Å². The van der Waals surface area contributed by atoms with E-state index < -0.39 is 134 Å². The van der Waals surface area contributed by atoms with Gasteiger partial charge in [0.2, 0.25) is 47.3 Å². The number of aryl methyl sites for hydroxylation is 1. The van der Waals surface area contributed by atoms with Gasteiger partial charge in [-0.2, -0.15) is 0 Å². The van der Waals surface area contributed by atoms with Crippen LogP contribution in [0.3, 0.4) is 0 Å². The van der Waals surface area contributed by atoms with Gasteiger partial charge in [0.05, 0.1) is 30.9 Å². The van der Waals surface area contributed by atoms with Crippen molar-refractivity contribution in [3.63, 3.8) is 0 Å². The van der Waals surface area contributed by atoms with E-state index in [1.807, 2.05) is 30.3 Å². The van der Waals surface area contributed by atoms with Crippen LogP contribution in [0, 0.1) is 5.92 Å². The summed E-state index contributed by atoms with van der Waals surface area (Å²) >= 11 is 0.904. The van der Waals surface area contributed by atoms with E-state index in [1.54, 1.807) is 56.3 Å². The number of phenols is 1. The number of benzene rings is 3. The Balaban J connectivity index is 1.77. The third kappa shape index (κ3) is 20.2. The number of likely N-dealkylation sites (N-methyl/N-ethyl adjacent to an activating group) is 3. The van der Waals surface area contributed by atoms with Gasteiger partial charge in [0, 0.05) is 39.2 Å². The number of phenolic OH excluding ortho intramolecular Hbond substituents is 1. The molecule has 8 amide bonds. The fourth-order valence-electron chi connectivity index (χ4n) is 8.32. The molecule has 3 aromatic rings. The Morgan fingerprint density at radius 1 is 0.750 bits per heavy atom. The molecular weight excluding hydrogens is 1000 g/mol. The molecule has 8 atom stereocenters. The van der Waals surface area contributed by atoms with Crippen LogP contribution >= 0.6 is 11.8 Å². The summed E-state index contributed by atoms with van der Waals surface area (Å²) in [4.78, 5) is 125. The zero-order chi connectivity index (χ0) is 56.1. The van der Waals surface area contributed by atoms with E-state index in [-0.39, 0.29) is 42.9 Å². The Labute approximate surface area is 446 Å². The number of nitrogens with two attached hydrogens (primary N) is 1. The number of aliphatic hydroxyl groups is 2. The Bertz CT molecular complexity index is 2440. The van der Waals surface area contributed by atoms with E-state index >= 15 is 0 Å². The first-order chi connectivity index (χ1) is 36.0. The maximum atomic E-state index is 14.8. The topological polar surface area (TPSA) is 342 Å². The normalized spacial score (nSPS) is 23.9. The standard InChI is InChI=1S/C52H72N10O13S/c1-31(2)46-49(72)58-37(22-23-45(68)69)50(73)60(3)27-42(65)56-38(24-34-16-19-35(63)20-17-34)51(74)62(5)40(25-33-14-10-7-11-15-33)52(75)61(4)28-43(66)57-39(47(70)54-26-41(53)64)29-76-30-44(67)55-36(48(71)59-46)21-18-32-12-8-6-9-13-32/h6-17,19-20,31,36-40,42,46,50,56,63,65,73H,18,21-30H2,1-5H3,(H2,53,64)(H,54,70)(H,55,67)(H,57,66)(H,58,72)(H,59,71)(H,68,69)/t36-,37-,38-,39-,40-,42?,46-,50?/m0/s1. The van der Waals surface area contributed by atoms with E-state index in [4.69, 9.17) is 5.73 Å². The van der Waals surface area contributed by atoms with Crippen molar-refractivity contribution in [3.8, 4) is 5.75 Å². The second-order valence-corrected chi connectivity index (χ2v) is 20.1. The van der Waals surface area contributed by atoms with E-state index in [1.165, 1.54) is 43.1 Å². The van der Waals surface area contributed by atoms with E-state index in [2.05, 4.69) is 31.9 Å². The van der Waals surface area contributed by atoms with E-state index in [9.17, 15) is 63.6 Å². The van der Waals surface area contributed by atoms with Crippen LogP contribution in [0.2, 0.25) is 0 Å². The monoisotopic (exact) mass is 1080 g/mol. The summed E-state index contributed by atoms with van der Waals surface area (Å²) in [7, 11) is 4.10. The maximum absolute atomic E-state index is 14.8. The molecule has 1 fully saturated rings. The summed E-state index contributed by atoms with van der Waals surface area (Å²) in [6, 6.07) is 16.1. The van der Waals surface area contributed by atoms with Crippen LogP contribution in [0.25, 0.3) is 0 Å². The van der Waals surface area contributed by atoms with Crippen molar-refractivity contribution in [1.82, 2.24) is 46.6 Å². The molecule has 0 aromatic heterocycles. The Morgan fingerprint density at radius 2 is 1.37 bits per heavy atom. The number of carboxylic acid groups (broad SMARTS) is 1. The number of carbonyl (C=O) groups is 9. The van der Waals surface area contributed by atoms with Crippen molar-refractivity contribution < 1.29 is 63.6 Å². The molecule has 2 unspecified atom stereocenters. The van der Waals surface area contributed by atoms with Gasteiger partial charge in [0.25, 0.3) is 0 Å². The summed E-state index contributed by atoms with van der Waals surface area (Å²) in [5, 5.41) is 58.9. The second kappa shape index (κ2) is 30.4. The predicted octanol–water partition coefficient (Wildman–Crippen LogP) is -1.57. The number of hydrogen-bond donors (Lipinski definition) is 11. The summed E-state index contributed by atoms with van der Waals surface area (Å²) in [5.74, 6) is -8.55. The lowest BCUT2D eigenvalue weighted by molar-refractivity contribution is -0.146. The van der Waals surface area contributed by atoms with Crippen LogP contribution < -0.4 is 37.6 Å². The molecule has 4 rings (SSSR count). The van der Waals surface area contributed by atoms with Crippen molar-refractivity contribution in [2.75, 3.05) is 52.3 Å². The maximum Gasteiger partial charge on any atom is 0.303 e. The van der Waals surface area contributed by atoms with Crippen LogP contribution in [0.4, 0.5) is 0 Å². The number of thioether (sulfide) groups is 1. The van der Waals surface area contributed by atoms with Crippen LogP contribution in [0.1, 0.15) is 49.8 Å². The Kier molecular flexibility index (Phi) is 24.6. The number of aliphatic carboxylic acids is 1. The molecule has 0 saturated carbocycles. The first-order valence-electron chi connectivity index (χ1n) is 24.8. The molecule has 0 radical (unpaired) electrons. The minimum absolute atomic E-state index is 0.0382. The van der Waals surface area contributed by atoms with Crippen molar-refractivity contribution >= 4 is 65.0 Å². The van der Waals surface area contributed by atoms with Crippen LogP contribution in [-0.2, 0) is 62.4 Å². The molecule has 0 bridgehead atoms. The molecule has 24 heteroatoms. The number of nitrogens with zero attached hydrogens (tertiary/aromatic N) is 3. The number of amides is 8. The minimum atomic E-state index is -1.65. The molecule has 3 aromatic carbocycles. The Hall–Kier alpha value is -7.12. The van der Waals surface area contributed by atoms with Gasteiger partial charge in [-0.15, -0.1) is 11.8 Å². The van der Waals surface area contributed by atoms with Crippen molar-refractivity contribution in [2.24, 2.45) is 11.7 Å². The highest BCUT2D eigenvalue weighted by molar-refractivity contribution is 8.00.